The fourth-order valence-electron chi connectivity index (χ4n) is 1.74. The first-order chi connectivity index (χ1) is 9.18. The number of carbonyl (C=O) groups excluding carboxylic acids is 1. The van der Waals surface area contributed by atoms with Crippen LogP contribution >= 0.6 is 33.9 Å². The van der Waals surface area contributed by atoms with Gasteiger partial charge in [-0.15, -0.1) is 11.3 Å². The van der Waals surface area contributed by atoms with Crippen molar-refractivity contribution in [3.05, 3.63) is 22.4 Å². The van der Waals surface area contributed by atoms with Crippen LogP contribution in [0.25, 0.3) is 0 Å². The summed E-state index contributed by atoms with van der Waals surface area (Å²) in [4.78, 5) is 15.2. The van der Waals surface area contributed by atoms with E-state index in [4.69, 9.17) is 4.74 Å². The number of nitrogens with zero attached hydrogens (tertiary/aromatic N) is 1. The molecule has 0 aliphatic rings. The molecule has 0 bridgehead atoms. The van der Waals surface area contributed by atoms with Gasteiger partial charge in [-0.3, -0.25) is 4.90 Å². The molecule has 4 nitrogen and oxygen atoms in total. The van der Waals surface area contributed by atoms with Crippen LogP contribution in [0.15, 0.2) is 17.5 Å². The Morgan fingerprint density at radius 3 is 2.60 bits per heavy atom. The minimum absolute atomic E-state index is 0.293. The highest BCUT2D eigenvalue weighted by molar-refractivity contribution is 14.1. The lowest BCUT2D eigenvalue weighted by Crippen LogP contribution is -2.53. The molecule has 1 heterocycles. The van der Waals surface area contributed by atoms with Crippen LogP contribution in [0, 0.1) is 0 Å². The van der Waals surface area contributed by atoms with Gasteiger partial charge in [0.15, 0.2) is 0 Å². The van der Waals surface area contributed by atoms with Gasteiger partial charge in [-0.2, -0.15) is 0 Å². The van der Waals surface area contributed by atoms with Crippen molar-refractivity contribution >= 4 is 40.0 Å². The summed E-state index contributed by atoms with van der Waals surface area (Å²) < 4.78 is 5.12. The van der Waals surface area contributed by atoms with Crippen molar-refractivity contribution in [2.45, 2.75) is 36.3 Å². The molecule has 1 amide bonds. The topological polar surface area (TPSA) is 41.6 Å². The van der Waals surface area contributed by atoms with Crippen LogP contribution in [0.5, 0.6) is 0 Å². The molecule has 1 aromatic heterocycles. The number of hydrogen-bond acceptors (Lipinski definition) is 4. The van der Waals surface area contributed by atoms with Gasteiger partial charge in [-0.25, -0.2) is 4.79 Å². The SMILES string of the molecule is CNC[C@](I)(Cc1cccs1)N(C)C(=O)OC(C)(C)C. The van der Waals surface area contributed by atoms with Crippen LogP contribution in [0.2, 0.25) is 0 Å². The Morgan fingerprint density at radius 2 is 2.15 bits per heavy atom. The van der Waals surface area contributed by atoms with E-state index in [-0.39, 0.29) is 9.64 Å². The van der Waals surface area contributed by atoms with Crippen LogP contribution in [0.4, 0.5) is 4.79 Å². The Balaban J connectivity index is 2.85. The van der Waals surface area contributed by atoms with Crippen molar-refractivity contribution in [2.24, 2.45) is 0 Å². The lowest BCUT2D eigenvalue weighted by molar-refractivity contribution is 0.0206. The zero-order valence-corrected chi connectivity index (χ0v) is 15.7. The Morgan fingerprint density at radius 1 is 1.50 bits per heavy atom. The number of rotatable bonds is 5. The number of likely N-dealkylation sites (N-methyl/N-ethyl adjacent to an activating group) is 2. The van der Waals surface area contributed by atoms with Gasteiger partial charge in [0.1, 0.15) is 9.15 Å². The Labute approximate surface area is 139 Å². The van der Waals surface area contributed by atoms with Gasteiger partial charge < -0.3 is 10.1 Å². The van der Waals surface area contributed by atoms with E-state index in [2.05, 4.69) is 39.4 Å². The number of halogens is 1. The molecule has 0 aromatic carbocycles. The summed E-state index contributed by atoms with van der Waals surface area (Å²) in [6.07, 6.45) is 0.501. The quantitative estimate of drug-likeness (QED) is 0.459. The number of alkyl halides is 1. The first-order valence-corrected chi connectivity index (χ1v) is 8.46. The highest BCUT2D eigenvalue weighted by Gasteiger charge is 2.36. The van der Waals surface area contributed by atoms with Crippen LogP contribution in [0.3, 0.4) is 0 Å². The monoisotopic (exact) mass is 410 g/mol. The Hall–Kier alpha value is -0.340. The third-order valence-electron chi connectivity index (χ3n) is 2.74. The molecule has 0 saturated heterocycles. The van der Waals surface area contributed by atoms with E-state index in [1.807, 2.05) is 33.9 Å². The van der Waals surface area contributed by atoms with Gasteiger partial charge in [0.2, 0.25) is 0 Å². The third-order valence-corrected chi connectivity index (χ3v) is 5.10. The number of amides is 1. The number of carbonyl (C=O) groups is 1. The van der Waals surface area contributed by atoms with Gasteiger partial charge in [0.05, 0.1) is 0 Å². The first-order valence-electron chi connectivity index (χ1n) is 6.51. The Kier molecular flexibility index (Phi) is 6.27. The molecule has 0 spiro atoms. The molecule has 0 aliphatic heterocycles. The normalized spacial score (nSPS) is 14.7. The van der Waals surface area contributed by atoms with E-state index >= 15 is 0 Å². The molecule has 0 aliphatic carbocycles. The molecular weight excluding hydrogens is 387 g/mol. The summed E-state index contributed by atoms with van der Waals surface area (Å²) in [6.45, 7) is 6.34. The average molecular weight is 410 g/mol. The van der Waals surface area contributed by atoms with Gasteiger partial charge in [-0.1, -0.05) is 28.7 Å². The minimum Gasteiger partial charge on any atom is -0.444 e. The van der Waals surface area contributed by atoms with E-state index in [0.29, 0.717) is 6.54 Å². The maximum atomic E-state index is 12.3. The van der Waals surface area contributed by atoms with Crippen molar-refractivity contribution in [1.29, 1.82) is 0 Å². The van der Waals surface area contributed by atoms with Crippen molar-refractivity contribution < 1.29 is 9.53 Å². The Bertz CT molecular complexity index is 431. The van der Waals surface area contributed by atoms with Crippen LogP contribution in [-0.4, -0.2) is 40.8 Å². The molecule has 0 radical (unpaired) electrons. The van der Waals surface area contributed by atoms with E-state index < -0.39 is 5.60 Å². The average Bonchev–Trinajstić information content (AvgIpc) is 2.78. The summed E-state index contributed by atoms with van der Waals surface area (Å²) in [5, 5.41) is 5.22. The van der Waals surface area contributed by atoms with Crippen molar-refractivity contribution in [2.75, 3.05) is 20.6 Å². The molecule has 1 rings (SSSR count). The number of thiophene rings is 1. The van der Waals surface area contributed by atoms with Crippen LogP contribution < -0.4 is 5.32 Å². The number of ether oxygens (including phenoxy) is 1. The molecule has 20 heavy (non-hydrogen) atoms. The summed E-state index contributed by atoms with van der Waals surface area (Å²) >= 11 is 4.04. The van der Waals surface area contributed by atoms with Crippen molar-refractivity contribution in [3.8, 4) is 0 Å². The second kappa shape index (κ2) is 7.09. The predicted molar refractivity (Wildman–Crippen MR) is 92.7 cm³/mol. The zero-order chi connectivity index (χ0) is 15.4. The largest absolute Gasteiger partial charge is 0.444 e. The second-order valence-electron chi connectivity index (χ2n) is 5.74. The molecular formula is C14H23IN2O2S. The first kappa shape index (κ1) is 17.7. The lowest BCUT2D eigenvalue weighted by atomic mass is 10.1. The lowest BCUT2D eigenvalue weighted by Gasteiger charge is -2.37. The smallest absolute Gasteiger partial charge is 0.411 e. The zero-order valence-electron chi connectivity index (χ0n) is 12.7. The predicted octanol–water partition coefficient (Wildman–Crippen LogP) is 3.51. The summed E-state index contributed by atoms with van der Waals surface area (Å²) in [7, 11) is 3.69. The van der Waals surface area contributed by atoms with Gasteiger partial charge in [-0.05, 0) is 39.3 Å². The van der Waals surface area contributed by atoms with Gasteiger partial charge in [0.25, 0.3) is 0 Å². The fourth-order valence-corrected chi connectivity index (χ4v) is 3.80. The second-order valence-corrected chi connectivity index (χ2v) is 8.78. The molecule has 6 heteroatoms. The molecule has 1 atom stereocenters. The highest BCUT2D eigenvalue weighted by atomic mass is 127. The molecule has 0 unspecified atom stereocenters. The summed E-state index contributed by atoms with van der Waals surface area (Å²) in [5.41, 5.74) is -0.481. The number of nitrogens with one attached hydrogen (secondary N) is 1. The molecule has 1 N–H and O–H groups in total. The summed E-state index contributed by atoms with van der Waals surface area (Å²) in [6, 6.07) is 4.13. The molecule has 1 aromatic rings. The third kappa shape index (κ3) is 5.21. The van der Waals surface area contributed by atoms with E-state index in [1.165, 1.54) is 4.88 Å². The van der Waals surface area contributed by atoms with Gasteiger partial charge in [0, 0.05) is 24.9 Å². The van der Waals surface area contributed by atoms with E-state index in [0.717, 1.165) is 6.42 Å². The molecule has 0 fully saturated rings. The molecule has 114 valence electrons. The van der Waals surface area contributed by atoms with E-state index in [1.54, 1.807) is 23.3 Å². The van der Waals surface area contributed by atoms with Gasteiger partial charge >= 0.3 is 6.09 Å². The maximum absolute atomic E-state index is 12.3. The highest BCUT2D eigenvalue weighted by Crippen LogP contribution is 2.30. The standard InChI is InChI=1S/C14H23IN2O2S/c1-13(2,3)19-12(18)17(5)14(15,10-16-4)9-11-7-6-8-20-11/h6-8,16H,9-10H2,1-5H3/t14-/m0/s1. The maximum Gasteiger partial charge on any atom is 0.411 e. The van der Waals surface area contributed by atoms with Crippen LogP contribution in [0.1, 0.15) is 25.6 Å². The van der Waals surface area contributed by atoms with Crippen molar-refractivity contribution in [1.82, 2.24) is 10.2 Å². The minimum atomic E-state index is -0.481. The number of hydrogen-bond donors (Lipinski definition) is 1. The van der Waals surface area contributed by atoms with E-state index in [9.17, 15) is 4.79 Å². The van der Waals surface area contributed by atoms with Crippen LogP contribution in [-0.2, 0) is 11.2 Å². The molecule has 0 saturated carbocycles. The summed E-state index contributed by atoms with van der Waals surface area (Å²) in [5.74, 6) is 0. The fraction of sp³-hybridized carbons (Fsp3) is 0.643. The van der Waals surface area contributed by atoms with Crippen molar-refractivity contribution in [3.63, 3.8) is 0 Å².